The molecule has 1 amide bonds. The second-order valence-corrected chi connectivity index (χ2v) is 12.7. The van der Waals surface area contributed by atoms with E-state index in [2.05, 4.69) is 32.9 Å². The van der Waals surface area contributed by atoms with Crippen LogP contribution in [0.25, 0.3) is 11.1 Å². The highest BCUT2D eigenvalue weighted by Gasteiger charge is 2.32. The summed E-state index contributed by atoms with van der Waals surface area (Å²) >= 11 is 0. The summed E-state index contributed by atoms with van der Waals surface area (Å²) in [7, 11) is 3.78. The first kappa shape index (κ1) is 29.4. The number of aliphatic hydroxyl groups excluding tert-OH is 1. The van der Waals surface area contributed by atoms with Gasteiger partial charge < -0.3 is 29.4 Å². The second kappa shape index (κ2) is 11.9. The highest BCUT2D eigenvalue weighted by atomic mass is 19.1. The van der Waals surface area contributed by atoms with Crippen LogP contribution in [0.2, 0.25) is 0 Å². The number of aromatic nitrogens is 3. The van der Waals surface area contributed by atoms with Crippen molar-refractivity contribution in [1.29, 1.82) is 0 Å². The Morgan fingerprint density at radius 3 is 2.56 bits per heavy atom. The highest BCUT2D eigenvalue weighted by Crippen LogP contribution is 2.37. The van der Waals surface area contributed by atoms with Crippen LogP contribution in [0.1, 0.15) is 64.5 Å². The van der Waals surface area contributed by atoms with Crippen LogP contribution in [0, 0.1) is 5.82 Å². The molecule has 45 heavy (non-hydrogen) atoms. The fourth-order valence-corrected chi connectivity index (χ4v) is 7.30. The number of rotatable bonds is 6. The van der Waals surface area contributed by atoms with Gasteiger partial charge >= 0.3 is 0 Å². The summed E-state index contributed by atoms with van der Waals surface area (Å²) in [5.41, 5.74) is 6.02. The predicted octanol–water partition coefficient (Wildman–Crippen LogP) is 4.97. The lowest BCUT2D eigenvalue weighted by molar-refractivity contribution is 0.0964. The number of fused-ring (bicyclic) bond motifs is 3. The summed E-state index contributed by atoms with van der Waals surface area (Å²) in [6, 6.07) is 10.3. The number of halogens is 1. The Bertz CT molecular complexity index is 1820. The Hall–Kier alpha value is -4.28. The van der Waals surface area contributed by atoms with Crippen LogP contribution >= 0.6 is 0 Å². The fourth-order valence-electron chi connectivity index (χ4n) is 7.30. The van der Waals surface area contributed by atoms with E-state index >= 15 is 4.39 Å². The first-order chi connectivity index (χ1) is 21.8. The molecular weight excluding hydrogens is 571 g/mol. The van der Waals surface area contributed by atoms with Gasteiger partial charge in [-0.1, -0.05) is 6.07 Å². The topological polar surface area (TPSA) is 95.6 Å². The summed E-state index contributed by atoms with van der Waals surface area (Å²) < 4.78 is 18.9. The van der Waals surface area contributed by atoms with Gasteiger partial charge in [0.25, 0.3) is 11.5 Å². The molecule has 1 aliphatic carbocycles. The van der Waals surface area contributed by atoms with E-state index in [0.29, 0.717) is 52.9 Å². The molecule has 1 saturated heterocycles. The van der Waals surface area contributed by atoms with E-state index < -0.39 is 12.4 Å². The number of aryl methyl sites for hydroxylation is 2. The van der Waals surface area contributed by atoms with E-state index in [0.717, 1.165) is 51.6 Å². The maximum absolute atomic E-state index is 15.3. The van der Waals surface area contributed by atoms with Gasteiger partial charge in [0.05, 0.1) is 12.3 Å². The second-order valence-electron chi connectivity index (χ2n) is 12.7. The molecule has 0 atom stereocenters. The number of piperidine rings is 1. The number of anilines is 3. The van der Waals surface area contributed by atoms with E-state index in [-0.39, 0.29) is 17.2 Å². The van der Waals surface area contributed by atoms with Crippen molar-refractivity contribution in [2.75, 3.05) is 36.9 Å². The minimum atomic E-state index is -0.528. The summed E-state index contributed by atoms with van der Waals surface area (Å²) in [5.74, 6) is 0.284. The van der Waals surface area contributed by atoms with Gasteiger partial charge in [-0.3, -0.25) is 9.59 Å². The maximum atomic E-state index is 15.3. The predicted molar refractivity (Wildman–Crippen MR) is 173 cm³/mol. The number of amides is 1. The number of likely N-dealkylation sites (tertiary alicyclic amines) is 1. The summed E-state index contributed by atoms with van der Waals surface area (Å²) in [6.07, 6.45) is 9.85. The number of hydrogen-bond donors (Lipinski definition) is 2. The molecule has 9 nitrogen and oxygen atoms in total. The van der Waals surface area contributed by atoms with Crippen molar-refractivity contribution in [3.8, 4) is 11.1 Å². The molecule has 0 unspecified atom stereocenters. The highest BCUT2D eigenvalue weighted by molar-refractivity contribution is 6.07. The molecule has 10 heteroatoms. The largest absolute Gasteiger partial charge is 0.392 e. The molecule has 7 rings (SSSR count). The Kier molecular flexibility index (Phi) is 7.79. The first-order valence-corrected chi connectivity index (χ1v) is 15.9. The van der Waals surface area contributed by atoms with E-state index in [4.69, 9.17) is 0 Å². The van der Waals surface area contributed by atoms with Crippen LogP contribution in [0.5, 0.6) is 0 Å². The molecule has 2 N–H and O–H groups in total. The first-order valence-electron chi connectivity index (χ1n) is 15.9. The van der Waals surface area contributed by atoms with Crippen molar-refractivity contribution < 1.29 is 14.3 Å². The van der Waals surface area contributed by atoms with Crippen molar-refractivity contribution in [3.05, 3.63) is 93.0 Å². The van der Waals surface area contributed by atoms with E-state index in [1.807, 2.05) is 18.3 Å². The third-order valence-electron chi connectivity index (χ3n) is 9.79. The molecule has 3 aliphatic rings. The van der Waals surface area contributed by atoms with Crippen LogP contribution in [0.15, 0.2) is 53.6 Å². The molecule has 1 aromatic carbocycles. The van der Waals surface area contributed by atoms with Gasteiger partial charge in [-0.15, -0.1) is 0 Å². The van der Waals surface area contributed by atoms with Gasteiger partial charge in [-0.25, -0.2) is 9.37 Å². The van der Waals surface area contributed by atoms with Gasteiger partial charge in [0.2, 0.25) is 0 Å². The number of nitrogens with one attached hydrogen (secondary N) is 1. The van der Waals surface area contributed by atoms with Crippen molar-refractivity contribution in [2.45, 2.75) is 57.6 Å². The lowest BCUT2D eigenvalue weighted by Gasteiger charge is -2.31. The zero-order valence-corrected chi connectivity index (χ0v) is 25.9. The third-order valence-corrected chi connectivity index (χ3v) is 9.79. The molecule has 5 heterocycles. The molecule has 0 spiro atoms. The van der Waals surface area contributed by atoms with Gasteiger partial charge in [0.1, 0.15) is 23.0 Å². The molecule has 4 aromatic rings. The zero-order valence-electron chi connectivity index (χ0n) is 25.9. The monoisotopic (exact) mass is 610 g/mol. The Balaban J connectivity index is 1.20. The van der Waals surface area contributed by atoms with Crippen LogP contribution < -0.4 is 15.8 Å². The minimum Gasteiger partial charge on any atom is -0.392 e. The maximum Gasteiger partial charge on any atom is 0.274 e. The average Bonchev–Trinajstić information content (AvgIpc) is 3.43. The lowest BCUT2D eigenvalue weighted by Crippen LogP contribution is -2.41. The molecule has 0 saturated carbocycles. The van der Waals surface area contributed by atoms with Crippen LogP contribution in [-0.2, 0) is 33.0 Å². The van der Waals surface area contributed by atoms with E-state index in [9.17, 15) is 14.7 Å². The van der Waals surface area contributed by atoms with Crippen LogP contribution in [-0.4, -0.2) is 56.7 Å². The van der Waals surface area contributed by atoms with Gasteiger partial charge in [0, 0.05) is 49.4 Å². The van der Waals surface area contributed by atoms with Crippen molar-refractivity contribution >= 4 is 23.1 Å². The molecule has 3 aromatic heterocycles. The molecule has 2 aliphatic heterocycles. The minimum absolute atomic E-state index is 0.195. The molecular formula is C35H39FN6O3. The molecule has 0 bridgehead atoms. The van der Waals surface area contributed by atoms with Gasteiger partial charge in [0.15, 0.2) is 0 Å². The number of carbonyl (C=O) groups is 1. The van der Waals surface area contributed by atoms with Crippen molar-refractivity contribution in [1.82, 2.24) is 19.0 Å². The average molecular weight is 611 g/mol. The van der Waals surface area contributed by atoms with Crippen molar-refractivity contribution in [2.24, 2.45) is 7.05 Å². The number of carbonyl (C=O) groups excluding carboxylic acids is 1. The van der Waals surface area contributed by atoms with E-state index in [1.165, 1.54) is 33.5 Å². The number of hydrogen-bond acceptors (Lipinski definition) is 6. The SMILES string of the molecule is CN1CCC(c2ccc(Nc3cc(-c4cc(F)cc(N5CCn6c(cc7c6CCCC7)C5=O)c4CO)cn(C)c3=O)nc2)CC1. The standard InChI is InChI=1S/C35H39FN6O3/c1-39-11-9-22(10-12-39)24-7-8-33(37-19-24)38-29-15-25(20-40(2)34(29)44)27-17-26(36)18-31(28(27)21-43)42-14-13-41-30-6-4-3-5-23(30)16-32(41)35(42)45/h7-8,15-20,22,43H,3-6,9-14,21H2,1-2H3,(H,37,38). The third kappa shape index (κ3) is 5.46. The normalized spacial score (nSPS) is 17.3. The Morgan fingerprint density at radius 1 is 1.00 bits per heavy atom. The Labute approximate surface area is 261 Å². The van der Waals surface area contributed by atoms with Crippen LogP contribution in [0.3, 0.4) is 0 Å². The molecule has 234 valence electrons. The zero-order chi connectivity index (χ0) is 31.2. The fraction of sp³-hybridized carbons (Fsp3) is 0.400. The summed E-state index contributed by atoms with van der Waals surface area (Å²) in [6.45, 7) is 2.71. The van der Waals surface area contributed by atoms with Gasteiger partial charge in [-0.2, -0.15) is 0 Å². The number of pyridine rings is 2. The summed E-state index contributed by atoms with van der Waals surface area (Å²) in [4.78, 5) is 35.5. The van der Waals surface area contributed by atoms with E-state index in [1.54, 1.807) is 24.2 Å². The quantitative estimate of drug-likeness (QED) is 0.320. The molecule has 0 radical (unpaired) electrons. The smallest absolute Gasteiger partial charge is 0.274 e. The van der Waals surface area contributed by atoms with Crippen LogP contribution in [0.4, 0.5) is 21.6 Å². The van der Waals surface area contributed by atoms with Gasteiger partial charge in [-0.05, 0) is 112 Å². The lowest BCUT2D eigenvalue weighted by atomic mass is 9.91. The molecule has 1 fully saturated rings. The number of aliphatic hydroxyl groups is 1. The Morgan fingerprint density at radius 2 is 1.80 bits per heavy atom. The van der Waals surface area contributed by atoms with Crippen molar-refractivity contribution in [3.63, 3.8) is 0 Å². The number of benzene rings is 1. The summed E-state index contributed by atoms with van der Waals surface area (Å²) in [5, 5.41) is 13.8. The number of nitrogens with zero attached hydrogens (tertiary/aromatic N) is 5.